The van der Waals surface area contributed by atoms with Crippen molar-refractivity contribution < 1.29 is 27.8 Å². The number of alkyl carbamates (subject to hydrolysis) is 1. The van der Waals surface area contributed by atoms with E-state index in [1.807, 2.05) is 0 Å². The van der Waals surface area contributed by atoms with Gasteiger partial charge in [0, 0.05) is 11.1 Å². The topological polar surface area (TPSA) is 64.6 Å². The highest BCUT2D eigenvalue weighted by molar-refractivity contribution is 5.89. The van der Waals surface area contributed by atoms with Crippen LogP contribution in [-0.4, -0.2) is 30.3 Å². The fourth-order valence-corrected chi connectivity index (χ4v) is 1.98. The van der Waals surface area contributed by atoms with E-state index in [4.69, 9.17) is 9.47 Å². The number of rotatable bonds is 3. The van der Waals surface area contributed by atoms with Crippen LogP contribution in [0.15, 0.2) is 23.3 Å². The quantitative estimate of drug-likeness (QED) is 0.811. The monoisotopic (exact) mass is 317 g/mol. The number of carbonyl (C=O) groups excluding carboxylic acids is 2. The van der Waals surface area contributed by atoms with Crippen LogP contribution in [0.4, 0.5) is 13.6 Å². The second-order valence-corrected chi connectivity index (χ2v) is 5.82. The maximum atomic E-state index is 13.0. The van der Waals surface area contributed by atoms with Gasteiger partial charge >= 0.3 is 12.1 Å². The average molecular weight is 317 g/mol. The first-order valence-corrected chi connectivity index (χ1v) is 7.05. The Kier molecular flexibility index (Phi) is 6.08. The fraction of sp³-hybridized carbons (Fsp3) is 0.600. The van der Waals surface area contributed by atoms with Crippen molar-refractivity contribution in [2.75, 3.05) is 6.61 Å². The van der Waals surface area contributed by atoms with Crippen LogP contribution in [0, 0.1) is 0 Å². The number of hydrogen-bond donors (Lipinski definition) is 1. The van der Waals surface area contributed by atoms with Crippen LogP contribution in [-0.2, 0) is 14.3 Å². The Balaban J connectivity index is 2.93. The Labute approximate surface area is 128 Å². The van der Waals surface area contributed by atoms with Crippen molar-refractivity contribution in [2.45, 2.75) is 52.2 Å². The van der Waals surface area contributed by atoms with E-state index in [1.165, 1.54) is 6.08 Å². The number of halogens is 2. The van der Waals surface area contributed by atoms with E-state index in [0.29, 0.717) is 0 Å². The number of ether oxygens (including phenoxy) is 2. The fourth-order valence-electron chi connectivity index (χ4n) is 1.98. The normalized spacial score (nSPS) is 18.4. The lowest BCUT2D eigenvalue weighted by atomic mass is 9.91. The Morgan fingerprint density at radius 2 is 1.95 bits per heavy atom. The smallest absolute Gasteiger partial charge is 0.408 e. The molecule has 1 N–H and O–H groups in total. The molecule has 0 fully saturated rings. The van der Waals surface area contributed by atoms with Gasteiger partial charge < -0.3 is 14.8 Å². The number of amides is 1. The summed E-state index contributed by atoms with van der Waals surface area (Å²) < 4.78 is 35.9. The van der Waals surface area contributed by atoms with Gasteiger partial charge in [-0.25, -0.2) is 9.59 Å². The van der Waals surface area contributed by atoms with Gasteiger partial charge in [-0.05, 0) is 46.6 Å². The highest BCUT2D eigenvalue weighted by Gasteiger charge is 2.29. The van der Waals surface area contributed by atoms with Crippen LogP contribution in [0.2, 0.25) is 0 Å². The highest BCUT2D eigenvalue weighted by atomic mass is 19.3. The van der Waals surface area contributed by atoms with Gasteiger partial charge in [-0.2, -0.15) is 8.78 Å². The lowest BCUT2D eigenvalue weighted by molar-refractivity contribution is -0.138. The van der Waals surface area contributed by atoms with Crippen LogP contribution in [0.1, 0.15) is 40.5 Å². The van der Waals surface area contributed by atoms with Gasteiger partial charge in [-0.3, -0.25) is 0 Å². The number of carbonyl (C=O) groups is 2. The molecule has 0 aromatic rings. The van der Waals surface area contributed by atoms with Crippen LogP contribution < -0.4 is 5.32 Å². The van der Waals surface area contributed by atoms with Crippen LogP contribution in [0.25, 0.3) is 0 Å². The van der Waals surface area contributed by atoms with E-state index in [1.54, 1.807) is 27.7 Å². The number of esters is 1. The van der Waals surface area contributed by atoms with E-state index in [2.05, 4.69) is 5.32 Å². The first kappa shape index (κ1) is 18.1. The summed E-state index contributed by atoms with van der Waals surface area (Å²) in [6, 6.07) is -1.08. The first-order chi connectivity index (χ1) is 10.1. The predicted octanol–water partition coefficient (Wildman–Crippen LogP) is 3.31. The molecule has 1 aliphatic rings. The summed E-state index contributed by atoms with van der Waals surface area (Å²) in [5.74, 6) is -0.559. The zero-order valence-corrected chi connectivity index (χ0v) is 13.2. The molecule has 1 amide bonds. The molecule has 0 aromatic carbocycles. The molecule has 0 spiro atoms. The Bertz CT molecular complexity index is 502. The average Bonchev–Trinajstić information content (AvgIpc) is 2.36. The minimum atomic E-state index is -1.86. The zero-order valence-electron chi connectivity index (χ0n) is 13.2. The molecule has 0 saturated carbocycles. The van der Waals surface area contributed by atoms with Gasteiger partial charge in [0.25, 0.3) is 6.08 Å². The maximum absolute atomic E-state index is 13.0. The predicted molar refractivity (Wildman–Crippen MR) is 76.3 cm³/mol. The van der Waals surface area contributed by atoms with Crippen LogP contribution >= 0.6 is 0 Å². The van der Waals surface area contributed by atoms with E-state index >= 15 is 0 Å². The van der Waals surface area contributed by atoms with Crippen molar-refractivity contribution in [1.29, 1.82) is 0 Å². The summed E-state index contributed by atoms with van der Waals surface area (Å²) in [7, 11) is 0. The second-order valence-electron chi connectivity index (χ2n) is 5.82. The van der Waals surface area contributed by atoms with Gasteiger partial charge in [-0.15, -0.1) is 0 Å². The van der Waals surface area contributed by atoms with E-state index in [0.717, 1.165) is 0 Å². The minimum Gasteiger partial charge on any atom is -0.463 e. The van der Waals surface area contributed by atoms with Gasteiger partial charge in [0.15, 0.2) is 0 Å². The lowest BCUT2D eigenvalue weighted by Crippen LogP contribution is -2.40. The minimum absolute atomic E-state index is 0.0204. The molecule has 0 bridgehead atoms. The maximum Gasteiger partial charge on any atom is 0.408 e. The Morgan fingerprint density at radius 1 is 1.32 bits per heavy atom. The summed E-state index contributed by atoms with van der Waals surface area (Å²) >= 11 is 0. The summed E-state index contributed by atoms with van der Waals surface area (Å²) in [5.41, 5.74) is -0.697. The zero-order chi connectivity index (χ0) is 16.9. The molecule has 0 radical (unpaired) electrons. The molecule has 22 heavy (non-hydrogen) atoms. The van der Waals surface area contributed by atoms with Crippen molar-refractivity contribution in [3.63, 3.8) is 0 Å². The van der Waals surface area contributed by atoms with Gasteiger partial charge in [-0.1, -0.05) is 0 Å². The third kappa shape index (κ3) is 5.46. The molecule has 0 aliphatic heterocycles. The molecule has 0 heterocycles. The molecule has 1 rings (SSSR count). The molecular formula is C15H21F2NO4. The van der Waals surface area contributed by atoms with Gasteiger partial charge in [0.1, 0.15) is 5.60 Å². The SMILES string of the molecule is CCOC(=O)C1=C[C@H](NC(=O)OC(C)(C)C)C(=C(F)F)CC1. The molecule has 5 nitrogen and oxygen atoms in total. The molecule has 1 atom stereocenters. The summed E-state index contributed by atoms with van der Waals surface area (Å²) in [5, 5.41) is 2.35. The Morgan fingerprint density at radius 3 is 2.45 bits per heavy atom. The molecule has 0 aromatic heterocycles. The van der Waals surface area contributed by atoms with Crippen LogP contribution in [0.5, 0.6) is 0 Å². The second kappa shape index (κ2) is 7.38. The van der Waals surface area contributed by atoms with Crippen molar-refractivity contribution in [3.8, 4) is 0 Å². The molecule has 124 valence electrons. The van der Waals surface area contributed by atoms with Crippen LogP contribution in [0.3, 0.4) is 0 Å². The van der Waals surface area contributed by atoms with E-state index in [9.17, 15) is 18.4 Å². The third-order valence-electron chi connectivity index (χ3n) is 2.86. The number of hydrogen-bond acceptors (Lipinski definition) is 4. The standard InChI is InChI=1S/C15H21F2NO4/c1-5-21-13(19)9-6-7-10(12(16)17)11(8-9)18-14(20)22-15(2,3)4/h8,11H,5-7H2,1-4H3,(H,18,20)/t11-/m0/s1. The van der Waals surface area contributed by atoms with Crippen molar-refractivity contribution >= 4 is 12.1 Å². The molecular weight excluding hydrogens is 296 g/mol. The third-order valence-corrected chi connectivity index (χ3v) is 2.86. The van der Waals surface area contributed by atoms with Crippen molar-refractivity contribution in [3.05, 3.63) is 23.3 Å². The summed E-state index contributed by atoms with van der Waals surface area (Å²) in [6.45, 7) is 6.85. The first-order valence-electron chi connectivity index (χ1n) is 7.05. The summed E-state index contributed by atoms with van der Waals surface area (Å²) in [6.07, 6.45) is -1.26. The number of nitrogens with one attached hydrogen (secondary N) is 1. The summed E-state index contributed by atoms with van der Waals surface area (Å²) in [4.78, 5) is 23.4. The van der Waals surface area contributed by atoms with E-state index in [-0.39, 0.29) is 30.6 Å². The lowest BCUT2D eigenvalue weighted by Gasteiger charge is -2.26. The molecule has 0 unspecified atom stereocenters. The Hall–Kier alpha value is -1.92. The highest BCUT2D eigenvalue weighted by Crippen LogP contribution is 2.28. The molecule has 1 aliphatic carbocycles. The molecule has 7 heteroatoms. The van der Waals surface area contributed by atoms with Crippen molar-refractivity contribution in [1.82, 2.24) is 5.32 Å². The van der Waals surface area contributed by atoms with Gasteiger partial charge in [0.05, 0.1) is 12.6 Å². The van der Waals surface area contributed by atoms with E-state index < -0.39 is 29.8 Å². The molecule has 0 saturated heterocycles. The largest absolute Gasteiger partial charge is 0.463 e. The van der Waals surface area contributed by atoms with Crippen molar-refractivity contribution in [2.24, 2.45) is 0 Å². The van der Waals surface area contributed by atoms with Gasteiger partial charge in [0.2, 0.25) is 0 Å².